The third kappa shape index (κ3) is 4.87. The number of anilines is 4. The minimum Gasteiger partial charge on any atom is -0.324 e. The van der Waals surface area contributed by atoms with Gasteiger partial charge in [-0.05, 0) is 41.5 Å². The number of fused-ring (bicyclic) bond motifs is 1. The molecule has 36 heavy (non-hydrogen) atoms. The topological polar surface area (TPSA) is 111 Å². The lowest BCUT2D eigenvalue weighted by molar-refractivity contribution is 0.650. The molecule has 6 rings (SSSR count). The van der Waals surface area contributed by atoms with Crippen molar-refractivity contribution in [1.82, 2.24) is 39.7 Å². The van der Waals surface area contributed by atoms with Crippen molar-refractivity contribution < 1.29 is 0 Å². The van der Waals surface area contributed by atoms with Crippen LogP contribution in [-0.2, 0) is 13.1 Å². The molecule has 2 N–H and O–H groups in total. The molecular formula is C26H22N10. The molecule has 0 saturated carbocycles. The van der Waals surface area contributed by atoms with Crippen LogP contribution in [0, 0.1) is 0 Å². The molecule has 6 aromatic rings. The van der Waals surface area contributed by atoms with Crippen LogP contribution in [0.25, 0.3) is 10.9 Å². The summed E-state index contributed by atoms with van der Waals surface area (Å²) in [4.78, 5) is 13.0. The Bertz CT molecular complexity index is 1590. The van der Waals surface area contributed by atoms with E-state index in [4.69, 9.17) is 0 Å². The standard InChI is InChI=1S/C26H22N10/c1-2-5-19(6-3-1)17-36-24-10-9-23(14-21(24)15-30-36)32-26-28-18-27-25(33-26)31-22-8-4-7-20(13-22)16-35-12-11-29-34-35/h1-15,18H,16-17H2,(H2,27,28,31,32,33). The zero-order chi connectivity index (χ0) is 24.2. The van der Waals surface area contributed by atoms with Gasteiger partial charge in [0, 0.05) is 23.0 Å². The fraction of sp³-hybridized carbons (Fsp3) is 0.0769. The first kappa shape index (κ1) is 21.4. The van der Waals surface area contributed by atoms with E-state index in [0.717, 1.165) is 34.4 Å². The van der Waals surface area contributed by atoms with Crippen molar-refractivity contribution in [3.63, 3.8) is 0 Å². The van der Waals surface area contributed by atoms with E-state index in [2.05, 4.69) is 59.2 Å². The SMILES string of the molecule is c1ccc(Cn2ncc3cc(Nc4ncnc(Nc5cccc(Cn6ccnn6)c5)n4)ccc32)cc1. The smallest absolute Gasteiger partial charge is 0.232 e. The highest BCUT2D eigenvalue weighted by atomic mass is 15.4. The van der Waals surface area contributed by atoms with E-state index >= 15 is 0 Å². The summed E-state index contributed by atoms with van der Waals surface area (Å²) < 4.78 is 3.77. The molecule has 0 unspecified atom stereocenters. The Morgan fingerprint density at radius 1 is 0.750 bits per heavy atom. The predicted molar refractivity (Wildman–Crippen MR) is 137 cm³/mol. The largest absolute Gasteiger partial charge is 0.324 e. The lowest BCUT2D eigenvalue weighted by Crippen LogP contribution is -2.04. The lowest BCUT2D eigenvalue weighted by Gasteiger charge is -2.09. The van der Waals surface area contributed by atoms with E-state index in [9.17, 15) is 0 Å². The van der Waals surface area contributed by atoms with E-state index in [0.29, 0.717) is 18.4 Å². The highest BCUT2D eigenvalue weighted by Crippen LogP contribution is 2.22. The van der Waals surface area contributed by atoms with Crippen molar-refractivity contribution in [3.05, 3.63) is 109 Å². The molecule has 10 nitrogen and oxygen atoms in total. The highest BCUT2D eigenvalue weighted by molar-refractivity contribution is 5.83. The molecule has 0 bridgehead atoms. The quantitative estimate of drug-likeness (QED) is 0.334. The molecule has 0 radical (unpaired) electrons. The molecule has 0 amide bonds. The number of rotatable bonds is 8. The number of benzene rings is 3. The predicted octanol–water partition coefficient (Wildman–Crippen LogP) is 4.40. The molecule has 0 atom stereocenters. The van der Waals surface area contributed by atoms with Crippen molar-refractivity contribution >= 4 is 34.2 Å². The molecule has 0 saturated heterocycles. The normalized spacial score (nSPS) is 11.0. The molecule has 0 fully saturated rings. The highest BCUT2D eigenvalue weighted by Gasteiger charge is 2.07. The maximum Gasteiger partial charge on any atom is 0.232 e. The number of hydrogen-bond donors (Lipinski definition) is 2. The van der Waals surface area contributed by atoms with Gasteiger partial charge >= 0.3 is 0 Å². The first-order valence-corrected chi connectivity index (χ1v) is 11.4. The third-order valence-corrected chi connectivity index (χ3v) is 5.64. The van der Waals surface area contributed by atoms with Crippen LogP contribution in [0.4, 0.5) is 23.3 Å². The second kappa shape index (κ2) is 9.63. The summed E-state index contributed by atoms with van der Waals surface area (Å²) in [6.07, 6.45) is 6.84. The van der Waals surface area contributed by atoms with Crippen LogP contribution in [0.2, 0.25) is 0 Å². The Labute approximate surface area is 206 Å². The molecule has 0 aliphatic rings. The van der Waals surface area contributed by atoms with Crippen molar-refractivity contribution in [2.75, 3.05) is 10.6 Å². The average Bonchev–Trinajstić information content (AvgIpc) is 3.55. The zero-order valence-corrected chi connectivity index (χ0v) is 19.2. The lowest BCUT2D eigenvalue weighted by atomic mass is 10.2. The second-order valence-electron chi connectivity index (χ2n) is 8.25. The van der Waals surface area contributed by atoms with Gasteiger partial charge in [0.2, 0.25) is 11.9 Å². The average molecular weight is 475 g/mol. The Hall–Kier alpha value is -5.12. The third-order valence-electron chi connectivity index (χ3n) is 5.64. The summed E-state index contributed by atoms with van der Waals surface area (Å²) in [6.45, 7) is 1.35. The van der Waals surface area contributed by atoms with Crippen molar-refractivity contribution in [3.8, 4) is 0 Å². The molecule has 176 valence electrons. The Morgan fingerprint density at radius 3 is 2.36 bits per heavy atom. The molecule has 3 aromatic carbocycles. The van der Waals surface area contributed by atoms with Gasteiger partial charge in [0.1, 0.15) is 6.33 Å². The van der Waals surface area contributed by atoms with Crippen LogP contribution in [0.1, 0.15) is 11.1 Å². The maximum absolute atomic E-state index is 4.56. The van der Waals surface area contributed by atoms with Gasteiger partial charge in [-0.1, -0.05) is 47.7 Å². The van der Waals surface area contributed by atoms with Gasteiger partial charge in [0.05, 0.1) is 31.0 Å². The second-order valence-corrected chi connectivity index (χ2v) is 8.25. The Kier molecular flexibility index (Phi) is 5.73. The van der Waals surface area contributed by atoms with Crippen LogP contribution in [-0.4, -0.2) is 39.7 Å². The fourth-order valence-electron chi connectivity index (χ4n) is 3.97. The fourth-order valence-corrected chi connectivity index (χ4v) is 3.97. The summed E-state index contributed by atoms with van der Waals surface area (Å²) in [5.41, 5.74) is 5.09. The van der Waals surface area contributed by atoms with Crippen LogP contribution < -0.4 is 10.6 Å². The molecule has 3 heterocycles. The zero-order valence-electron chi connectivity index (χ0n) is 19.2. The van der Waals surface area contributed by atoms with Gasteiger partial charge in [0.25, 0.3) is 0 Å². The molecule has 0 aliphatic carbocycles. The van der Waals surface area contributed by atoms with E-state index in [-0.39, 0.29) is 0 Å². The molecule has 3 aromatic heterocycles. The number of hydrogen-bond acceptors (Lipinski definition) is 8. The summed E-state index contributed by atoms with van der Waals surface area (Å²) in [5, 5.41) is 20.0. The summed E-state index contributed by atoms with van der Waals surface area (Å²) in [6, 6.07) is 24.4. The van der Waals surface area contributed by atoms with Gasteiger partial charge in [0.15, 0.2) is 0 Å². The molecule has 0 spiro atoms. The van der Waals surface area contributed by atoms with Crippen molar-refractivity contribution in [2.45, 2.75) is 13.1 Å². The van der Waals surface area contributed by atoms with E-state index in [1.54, 1.807) is 10.9 Å². The monoisotopic (exact) mass is 474 g/mol. The molecule has 0 aliphatic heterocycles. The van der Waals surface area contributed by atoms with Gasteiger partial charge < -0.3 is 10.6 Å². The number of aromatic nitrogens is 8. The first-order valence-electron chi connectivity index (χ1n) is 11.4. The molecular weight excluding hydrogens is 452 g/mol. The van der Waals surface area contributed by atoms with Crippen molar-refractivity contribution in [1.29, 1.82) is 0 Å². The van der Waals surface area contributed by atoms with Crippen molar-refractivity contribution in [2.24, 2.45) is 0 Å². The van der Waals surface area contributed by atoms with Gasteiger partial charge in [-0.25, -0.2) is 14.6 Å². The summed E-state index contributed by atoms with van der Waals surface area (Å²) in [5.74, 6) is 0.893. The summed E-state index contributed by atoms with van der Waals surface area (Å²) >= 11 is 0. The van der Waals surface area contributed by atoms with Crippen LogP contribution in [0.15, 0.2) is 97.7 Å². The molecule has 10 heteroatoms. The Morgan fingerprint density at radius 2 is 1.56 bits per heavy atom. The minimum atomic E-state index is 0.446. The van der Waals surface area contributed by atoms with Crippen LogP contribution in [0.3, 0.4) is 0 Å². The van der Waals surface area contributed by atoms with Gasteiger partial charge in [-0.15, -0.1) is 5.10 Å². The maximum atomic E-state index is 4.56. The van der Waals surface area contributed by atoms with E-state index in [1.807, 2.05) is 71.7 Å². The minimum absolute atomic E-state index is 0.446. The van der Waals surface area contributed by atoms with E-state index < -0.39 is 0 Å². The van der Waals surface area contributed by atoms with E-state index in [1.165, 1.54) is 11.9 Å². The first-order chi connectivity index (χ1) is 17.8. The number of nitrogens with zero attached hydrogens (tertiary/aromatic N) is 8. The Balaban J connectivity index is 1.16. The summed E-state index contributed by atoms with van der Waals surface area (Å²) in [7, 11) is 0. The van der Waals surface area contributed by atoms with Gasteiger partial charge in [-0.3, -0.25) is 4.68 Å². The number of nitrogens with one attached hydrogen (secondary N) is 2. The van der Waals surface area contributed by atoms with Gasteiger partial charge in [-0.2, -0.15) is 10.1 Å². The van der Waals surface area contributed by atoms with Crippen LogP contribution >= 0.6 is 0 Å². The van der Waals surface area contributed by atoms with Crippen LogP contribution in [0.5, 0.6) is 0 Å².